The fourth-order valence-electron chi connectivity index (χ4n) is 4.29. The maximum atomic E-state index is 13.1. The van der Waals surface area contributed by atoms with Crippen molar-refractivity contribution < 1.29 is 31.7 Å². The number of carbonyl (C=O) groups excluding carboxylic acids is 2. The van der Waals surface area contributed by atoms with Crippen molar-refractivity contribution in [3.63, 3.8) is 0 Å². The molecule has 4 aromatic carbocycles. The van der Waals surface area contributed by atoms with Gasteiger partial charge in [0.2, 0.25) is 0 Å². The van der Waals surface area contributed by atoms with E-state index in [1.54, 1.807) is 37.3 Å². The summed E-state index contributed by atoms with van der Waals surface area (Å²) in [6.07, 6.45) is 1.58. The fraction of sp³-hybridized carbons (Fsp3) is 0.161. The Morgan fingerprint density at radius 1 is 0.929 bits per heavy atom. The predicted molar refractivity (Wildman–Crippen MR) is 171 cm³/mol. The average molecular weight is 716 g/mol. The van der Waals surface area contributed by atoms with E-state index in [4.69, 9.17) is 13.7 Å². The van der Waals surface area contributed by atoms with Gasteiger partial charge in [0.25, 0.3) is 11.1 Å². The number of ether oxygens (including phenoxy) is 2. The molecule has 1 heterocycles. The molecule has 1 fully saturated rings. The molecular formula is C31H26INO7S2. The lowest BCUT2D eigenvalue weighted by molar-refractivity contribution is -0.123. The smallest absolute Gasteiger partial charge is 0.339 e. The first-order valence-electron chi connectivity index (χ1n) is 13.0. The van der Waals surface area contributed by atoms with Crippen LogP contribution in [0.5, 0.6) is 17.2 Å². The number of benzene rings is 4. The van der Waals surface area contributed by atoms with Crippen LogP contribution in [0, 0.1) is 10.5 Å². The molecule has 2 amide bonds. The van der Waals surface area contributed by atoms with E-state index in [2.05, 4.69) is 0 Å². The predicted octanol–water partition coefficient (Wildman–Crippen LogP) is 7.03. The summed E-state index contributed by atoms with van der Waals surface area (Å²) in [4.78, 5) is 27.2. The molecule has 8 nitrogen and oxygen atoms in total. The van der Waals surface area contributed by atoms with Crippen LogP contribution in [0.3, 0.4) is 0 Å². The quantitative estimate of drug-likeness (QED) is 0.0981. The number of rotatable bonds is 10. The van der Waals surface area contributed by atoms with Gasteiger partial charge in [-0.25, -0.2) is 0 Å². The second-order valence-corrected chi connectivity index (χ2v) is 13.0. The Hall–Kier alpha value is -3.55. The molecule has 0 aliphatic carbocycles. The molecule has 1 aliphatic heterocycles. The highest BCUT2D eigenvalue weighted by Gasteiger charge is 2.35. The van der Waals surface area contributed by atoms with E-state index in [9.17, 15) is 18.0 Å². The molecule has 0 aromatic heterocycles. The zero-order valence-corrected chi connectivity index (χ0v) is 26.5. The van der Waals surface area contributed by atoms with Crippen molar-refractivity contribution in [3.05, 3.63) is 98.5 Å². The van der Waals surface area contributed by atoms with Crippen molar-refractivity contribution in [3.8, 4) is 17.2 Å². The van der Waals surface area contributed by atoms with Crippen LogP contribution in [-0.4, -0.2) is 44.2 Å². The number of carbonyl (C=O) groups is 2. The van der Waals surface area contributed by atoms with Gasteiger partial charge in [-0.05, 0) is 95.6 Å². The number of fused-ring (bicyclic) bond motifs is 1. The van der Waals surface area contributed by atoms with Crippen molar-refractivity contribution >= 4 is 72.5 Å². The third-order valence-corrected chi connectivity index (χ3v) is 9.27. The van der Waals surface area contributed by atoms with Crippen molar-refractivity contribution in [1.29, 1.82) is 0 Å². The number of hydrogen-bond acceptors (Lipinski definition) is 8. The molecule has 11 heteroatoms. The van der Waals surface area contributed by atoms with E-state index in [1.165, 1.54) is 12.1 Å². The van der Waals surface area contributed by atoms with Crippen LogP contribution in [0.25, 0.3) is 16.8 Å². The van der Waals surface area contributed by atoms with Crippen LogP contribution in [0.2, 0.25) is 0 Å². The van der Waals surface area contributed by atoms with E-state index >= 15 is 0 Å². The van der Waals surface area contributed by atoms with Crippen molar-refractivity contribution in [2.75, 3.05) is 19.8 Å². The molecule has 1 saturated heterocycles. The molecule has 0 spiro atoms. The Bertz CT molecular complexity index is 1800. The number of thioether (sulfide) groups is 1. The highest BCUT2D eigenvalue weighted by atomic mass is 127. The lowest BCUT2D eigenvalue weighted by atomic mass is 10.1. The van der Waals surface area contributed by atoms with Gasteiger partial charge < -0.3 is 13.7 Å². The SMILES string of the molecule is CCOc1cc(/C=C2\SC(=O)N(CCOc3cccc4ccccc34)C2=O)cc(I)c1OS(=O)(=O)c1ccc(C)cc1. The van der Waals surface area contributed by atoms with E-state index in [1.807, 2.05) is 72.0 Å². The molecule has 0 bridgehead atoms. The maximum Gasteiger partial charge on any atom is 0.339 e. The Morgan fingerprint density at radius 3 is 2.43 bits per heavy atom. The van der Waals surface area contributed by atoms with Gasteiger partial charge in [0.05, 0.1) is 21.6 Å². The van der Waals surface area contributed by atoms with Crippen LogP contribution >= 0.6 is 34.4 Å². The molecule has 0 atom stereocenters. The fourth-order valence-corrected chi connectivity index (χ4v) is 7.00. The number of imide groups is 1. The van der Waals surface area contributed by atoms with E-state index < -0.39 is 21.3 Å². The van der Waals surface area contributed by atoms with Gasteiger partial charge in [-0.2, -0.15) is 8.42 Å². The number of amides is 2. The monoisotopic (exact) mass is 715 g/mol. The minimum atomic E-state index is -4.11. The van der Waals surface area contributed by atoms with Crippen LogP contribution in [-0.2, 0) is 14.9 Å². The Labute approximate surface area is 261 Å². The van der Waals surface area contributed by atoms with Crippen molar-refractivity contribution in [1.82, 2.24) is 4.90 Å². The van der Waals surface area contributed by atoms with E-state index in [0.717, 1.165) is 33.0 Å². The Morgan fingerprint density at radius 2 is 1.67 bits per heavy atom. The van der Waals surface area contributed by atoms with Gasteiger partial charge in [-0.3, -0.25) is 14.5 Å². The lowest BCUT2D eigenvalue weighted by Gasteiger charge is -2.15. The van der Waals surface area contributed by atoms with Gasteiger partial charge in [0, 0.05) is 5.39 Å². The third kappa shape index (κ3) is 6.58. The summed E-state index contributed by atoms with van der Waals surface area (Å²) in [6.45, 7) is 4.13. The Kier molecular flexibility index (Phi) is 9.09. The number of hydrogen-bond donors (Lipinski definition) is 0. The summed E-state index contributed by atoms with van der Waals surface area (Å²) in [7, 11) is -4.11. The minimum Gasteiger partial charge on any atom is -0.491 e. The maximum absolute atomic E-state index is 13.1. The molecule has 4 aromatic rings. The molecule has 42 heavy (non-hydrogen) atoms. The van der Waals surface area contributed by atoms with E-state index in [-0.39, 0.29) is 41.1 Å². The largest absolute Gasteiger partial charge is 0.491 e. The van der Waals surface area contributed by atoms with Gasteiger partial charge >= 0.3 is 10.1 Å². The third-order valence-electron chi connectivity index (χ3n) is 6.33. The van der Waals surface area contributed by atoms with Crippen LogP contribution < -0.4 is 13.7 Å². The first-order chi connectivity index (χ1) is 20.2. The topological polar surface area (TPSA) is 99.2 Å². The Balaban J connectivity index is 1.32. The van der Waals surface area contributed by atoms with Gasteiger partial charge in [-0.1, -0.05) is 54.1 Å². The van der Waals surface area contributed by atoms with Crippen LogP contribution in [0.15, 0.2) is 88.7 Å². The highest BCUT2D eigenvalue weighted by Crippen LogP contribution is 2.39. The van der Waals surface area contributed by atoms with E-state index in [0.29, 0.717) is 14.9 Å². The molecule has 0 radical (unpaired) electrons. The number of aryl methyl sites for hydroxylation is 1. The van der Waals surface area contributed by atoms with Crippen LogP contribution in [0.4, 0.5) is 4.79 Å². The standard InChI is InChI=1S/C31H26INO7S2/c1-3-38-27-18-21(17-25(32)29(27)40-42(36,37)23-13-11-20(2)12-14-23)19-28-30(34)33(31(35)41-28)15-16-39-26-10-6-8-22-7-4-5-9-24(22)26/h4-14,17-19H,3,15-16H2,1-2H3/b28-19-. The summed E-state index contributed by atoms with van der Waals surface area (Å²) in [5.74, 6) is 0.505. The summed E-state index contributed by atoms with van der Waals surface area (Å²) >= 11 is 2.80. The highest BCUT2D eigenvalue weighted by molar-refractivity contribution is 14.1. The zero-order valence-electron chi connectivity index (χ0n) is 22.7. The van der Waals surface area contributed by atoms with Gasteiger partial charge in [0.15, 0.2) is 11.5 Å². The number of halogens is 1. The molecule has 1 aliphatic rings. The molecular weight excluding hydrogens is 689 g/mol. The number of nitrogens with zero attached hydrogens (tertiary/aromatic N) is 1. The van der Waals surface area contributed by atoms with Gasteiger partial charge in [-0.15, -0.1) is 0 Å². The average Bonchev–Trinajstić information content (AvgIpc) is 3.22. The first kappa shape index (κ1) is 29.9. The minimum absolute atomic E-state index is 0.0218. The zero-order chi connectivity index (χ0) is 29.9. The summed E-state index contributed by atoms with van der Waals surface area (Å²) in [6, 6.07) is 23.2. The lowest BCUT2D eigenvalue weighted by Crippen LogP contribution is -2.32. The second kappa shape index (κ2) is 12.8. The summed E-state index contributed by atoms with van der Waals surface area (Å²) < 4.78 is 43.5. The molecule has 0 unspecified atom stereocenters. The van der Waals surface area contributed by atoms with Crippen LogP contribution in [0.1, 0.15) is 18.1 Å². The molecule has 5 rings (SSSR count). The molecule has 0 saturated carbocycles. The molecule has 0 N–H and O–H groups in total. The van der Waals surface area contributed by atoms with Crippen molar-refractivity contribution in [2.45, 2.75) is 18.7 Å². The second-order valence-electron chi connectivity index (χ2n) is 9.27. The normalized spacial score (nSPS) is 14.5. The molecule has 216 valence electrons. The van der Waals surface area contributed by atoms with Gasteiger partial charge in [0.1, 0.15) is 17.3 Å². The van der Waals surface area contributed by atoms with Crippen molar-refractivity contribution in [2.24, 2.45) is 0 Å². The summed E-state index contributed by atoms with van der Waals surface area (Å²) in [5.41, 5.74) is 1.48. The summed E-state index contributed by atoms with van der Waals surface area (Å²) in [5, 5.41) is 1.60. The first-order valence-corrected chi connectivity index (χ1v) is 16.3.